The van der Waals surface area contributed by atoms with Crippen molar-refractivity contribution in [3.63, 3.8) is 0 Å². The molecule has 4 heteroatoms. The lowest BCUT2D eigenvalue weighted by Gasteiger charge is -2.43. The number of rotatable bonds is 5. The Morgan fingerprint density at radius 3 is 2.47 bits per heavy atom. The van der Waals surface area contributed by atoms with Crippen LogP contribution in [0, 0.1) is 0 Å². The minimum atomic E-state index is 0.0914. The first-order chi connectivity index (χ1) is 8.30. The molecule has 0 aliphatic heterocycles. The highest BCUT2D eigenvalue weighted by atomic mass is 16.6. The third kappa shape index (κ3) is 2.37. The quantitative estimate of drug-likeness (QED) is 0.841. The van der Waals surface area contributed by atoms with Crippen LogP contribution in [-0.4, -0.2) is 39.5 Å². The summed E-state index contributed by atoms with van der Waals surface area (Å²) in [5.41, 5.74) is 0. The predicted octanol–water partition coefficient (Wildman–Crippen LogP) is 1.45. The molecule has 0 radical (unpaired) electrons. The van der Waals surface area contributed by atoms with E-state index >= 15 is 0 Å². The maximum Gasteiger partial charge on any atom is 0.161 e. The van der Waals surface area contributed by atoms with Crippen molar-refractivity contribution in [2.75, 3.05) is 21.3 Å². The van der Waals surface area contributed by atoms with Crippen LogP contribution in [0.15, 0.2) is 24.3 Å². The molecule has 0 heterocycles. The first-order valence-electron chi connectivity index (χ1n) is 5.80. The van der Waals surface area contributed by atoms with Gasteiger partial charge in [-0.1, -0.05) is 12.1 Å². The zero-order valence-corrected chi connectivity index (χ0v) is 10.5. The maximum absolute atomic E-state index is 5.92. The third-order valence-corrected chi connectivity index (χ3v) is 3.24. The Kier molecular flexibility index (Phi) is 3.86. The summed E-state index contributed by atoms with van der Waals surface area (Å²) in [5.74, 6) is 1.53. The van der Waals surface area contributed by atoms with Crippen LogP contribution in [0.5, 0.6) is 11.5 Å². The lowest BCUT2D eigenvalue weighted by molar-refractivity contribution is -0.0875. The molecule has 94 valence electrons. The van der Waals surface area contributed by atoms with E-state index in [1.165, 1.54) is 0 Å². The summed E-state index contributed by atoms with van der Waals surface area (Å²) >= 11 is 0. The van der Waals surface area contributed by atoms with Crippen LogP contribution in [0.3, 0.4) is 0 Å². The van der Waals surface area contributed by atoms with Gasteiger partial charge in [0.05, 0.1) is 7.11 Å². The number of ether oxygens (including phenoxy) is 3. The minimum Gasteiger partial charge on any atom is -0.493 e. The van der Waals surface area contributed by atoms with Crippen molar-refractivity contribution in [2.24, 2.45) is 0 Å². The highest BCUT2D eigenvalue weighted by molar-refractivity contribution is 5.39. The van der Waals surface area contributed by atoms with Crippen molar-refractivity contribution in [3.05, 3.63) is 24.3 Å². The molecule has 0 saturated heterocycles. The standard InChI is InChI=1S/C13H19NO3/c1-14-9-8-12(13(9)16-3)17-11-7-5-4-6-10(11)15-2/h4-7,9,12-14H,8H2,1-3H3. The molecular formula is C13H19NO3. The van der Waals surface area contributed by atoms with Crippen LogP contribution in [0.2, 0.25) is 0 Å². The molecule has 0 aromatic heterocycles. The number of hydrogen-bond acceptors (Lipinski definition) is 4. The highest BCUT2D eigenvalue weighted by Crippen LogP contribution is 2.33. The van der Waals surface area contributed by atoms with Crippen LogP contribution >= 0.6 is 0 Å². The van der Waals surface area contributed by atoms with E-state index in [0.29, 0.717) is 6.04 Å². The van der Waals surface area contributed by atoms with E-state index in [1.807, 2.05) is 31.3 Å². The summed E-state index contributed by atoms with van der Waals surface area (Å²) in [6.45, 7) is 0. The van der Waals surface area contributed by atoms with Gasteiger partial charge < -0.3 is 19.5 Å². The van der Waals surface area contributed by atoms with E-state index in [1.54, 1.807) is 14.2 Å². The second-order valence-electron chi connectivity index (χ2n) is 4.14. The molecule has 3 unspecified atom stereocenters. The van der Waals surface area contributed by atoms with E-state index in [9.17, 15) is 0 Å². The molecule has 1 fully saturated rings. The van der Waals surface area contributed by atoms with Crippen LogP contribution < -0.4 is 14.8 Å². The lowest BCUT2D eigenvalue weighted by Crippen LogP contribution is -2.60. The average molecular weight is 237 g/mol. The van der Waals surface area contributed by atoms with Gasteiger partial charge in [0, 0.05) is 19.6 Å². The fraction of sp³-hybridized carbons (Fsp3) is 0.538. The first-order valence-corrected chi connectivity index (χ1v) is 5.80. The van der Waals surface area contributed by atoms with Gasteiger partial charge in [0.25, 0.3) is 0 Å². The van der Waals surface area contributed by atoms with Gasteiger partial charge in [-0.2, -0.15) is 0 Å². The molecule has 1 aliphatic rings. The molecule has 0 spiro atoms. The first kappa shape index (κ1) is 12.2. The van der Waals surface area contributed by atoms with Crippen molar-refractivity contribution in [1.29, 1.82) is 0 Å². The normalized spacial score (nSPS) is 27.4. The Morgan fingerprint density at radius 1 is 1.18 bits per heavy atom. The van der Waals surface area contributed by atoms with Crippen LogP contribution in [-0.2, 0) is 4.74 Å². The Bertz CT molecular complexity index is 369. The van der Waals surface area contributed by atoms with Crippen LogP contribution in [0.4, 0.5) is 0 Å². The Labute approximate surface area is 102 Å². The molecule has 1 N–H and O–H groups in total. The minimum absolute atomic E-state index is 0.0914. The molecule has 1 aromatic carbocycles. The molecule has 1 saturated carbocycles. The number of likely N-dealkylation sites (N-methyl/N-ethyl adjacent to an activating group) is 1. The molecule has 1 aliphatic carbocycles. The van der Waals surface area contributed by atoms with E-state index in [2.05, 4.69) is 5.32 Å². The molecule has 17 heavy (non-hydrogen) atoms. The SMILES string of the molecule is CNC1CC(Oc2ccccc2OC)C1OC. The predicted molar refractivity (Wildman–Crippen MR) is 65.7 cm³/mol. The summed E-state index contributed by atoms with van der Waals surface area (Å²) in [4.78, 5) is 0. The molecule has 2 rings (SSSR count). The van der Waals surface area contributed by atoms with Crippen molar-refractivity contribution < 1.29 is 14.2 Å². The summed E-state index contributed by atoms with van der Waals surface area (Å²) in [6.07, 6.45) is 1.14. The smallest absolute Gasteiger partial charge is 0.161 e. The largest absolute Gasteiger partial charge is 0.493 e. The summed E-state index contributed by atoms with van der Waals surface area (Å²) < 4.78 is 16.6. The van der Waals surface area contributed by atoms with Gasteiger partial charge in [0.2, 0.25) is 0 Å². The van der Waals surface area contributed by atoms with Gasteiger partial charge in [-0.25, -0.2) is 0 Å². The number of benzene rings is 1. The lowest BCUT2D eigenvalue weighted by atomic mass is 9.85. The number of hydrogen-bond donors (Lipinski definition) is 1. The summed E-state index contributed by atoms with van der Waals surface area (Å²) in [6, 6.07) is 8.05. The molecule has 0 amide bonds. The zero-order valence-electron chi connectivity index (χ0n) is 10.5. The van der Waals surface area contributed by atoms with Gasteiger partial charge in [0.15, 0.2) is 11.5 Å². The van der Waals surface area contributed by atoms with E-state index in [0.717, 1.165) is 17.9 Å². The van der Waals surface area contributed by atoms with Gasteiger partial charge in [-0.3, -0.25) is 0 Å². The number of nitrogens with one attached hydrogen (secondary N) is 1. The number of para-hydroxylation sites is 2. The van der Waals surface area contributed by atoms with Crippen molar-refractivity contribution >= 4 is 0 Å². The second kappa shape index (κ2) is 5.38. The molecule has 3 atom stereocenters. The van der Waals surface area contributed by atoms with Gasteiger partial charge >= 0.3 is 0 Å². The molecule has 1 aromatic rings. The van der Waals surface area contributed by atoms with E-state index in [-0.39, 0.29) is 12.2 Å². The van der Waals surface area contributed by atoms with Crippen molar-refractivity contribution in [3.8, 4) is 11.5 Å². The van der Waals surface area contributed by atoms with Crippen molar-refractivity contribution in [2.45, 2.75) is 24.7 Å². The van der Waals surface area contributed by atoms with Crippen LogP contribution in [0.1, 0.15) is 6.42 Å². The Balaban J connectivity index is 2.02. The van der Waals surface area contributed by atoms with E-state index in [4.69, 9.17) is 14.2 Å². The van der Waals surface area contributed by atoms with Crippen molar-refractivity contribution in [1.82, 2.24) is 5.32 Å². The average Bonchev–Trinajstić information content (AvgIpc) is 2.35. The van der Waals surface area contributed by atoms with Gasteiger partial charge in [-0.05, 0) is 19.2 Å². The fourth-order valence-corrected chi connectivity index (χ4v) is 2.17. The maximum atomic E-state index is 5.92. The zero-order chi connectivity index (χ0) is 12.3. The second-order valence-corrected chi connectivity index (χ2v) is 4.14. The van der Waals surface area contributed by atoms with Gasteiger partial charge in [-0.15, -0.1) is 0 Å². The Hall–Kier alpha value is -1.26. The Morgan fingerprint density at radius 2 is 1.88 bits per heavy atom. The number of methoxy groups -OCH3 is 2. The van der Waals surface area contributed by atoms with E-state index < -0.39 is 0 Å². The molecule has 4 nitrogen and oxygen atoms in total. The topological polar surface area (TPSA) is 39.7 Å². The summed E-state index contributed by atoms with van der Waals surface area (Å²) in [7, 11) is 5.30. The molecule has 0 bridgehead atoms. The molecular weight excluding hydrogens is 218 g/mol. The van der Waals surface area contributed by atoms with Gasteiger partial charge in [0.1, 0.15) is 12.2 Å². The highest BCUT2D eigenvalue weighted by Gasteiger charge is 2.42. The monoisotopic (exact) mass is 237 g/mol. The fourth-order valence-electron chi connectivity index (χ4n) is 2.17. The third-order valence-electron chi connectivity index (χ3n) is 3.24. The summed E-state index contributed by atoms with van der Waals surface area (Å²) in [5, 5.41) is 3.21. The van der Waals surface area contributed by atoms with Crippen LogP contribution in [0.25, 0.3) is 0 Å².